The van der Waals surface area contributed by atoms with Crippen molar-refractivity contribution in [3.63, 3.8) is 0 Å². The number of benzene rings is 1. The van der Waals surface area contributed by atoms with Gasteiger partial charge in [-0.25, -0.2) is 0 Å². The molecule has 1 N–H and O–H groups in total. The zero-order valence-corrected chi connectivity index (χ0v) is 12.9. The Bertz CT molecular complexity index is 449. The van der Waals surface area contributed by atoms with Crippen LogP contribution in [0.25, 0.3) is 0 Å². The smallest absolute Gasteiger partial charge is 0.326 e. The van der Waals surface area contributed by atoms with Gasteiger partial charge in [-0.1, -0.05) is 31.5 Å². The zero-order chi connectivity index (χ0) is 15.1. The van der Waals surface area contributed by atoms with E-state index in [9.17, 15) is 4.79 Å². The second kappa shape index (κ2) is 7.46. The average molecular weight is 291 g/mol. The lowest BCUT2D eigenvalue weighted by Crippen LogP contribution is -2.55. The average Bonchev–Trinajstić information content (AvgIpc) is 2.92. The van der Waals surface area contributed by atoms with E-state index in [0.717, 1.165) is 38.0 Å². The molecule has 21 heavy (non-hydrogen) atoms. The number of para-hydroxylation sites is 1. The van der Waals surface area contributed by atoms with E-state index in [0.29, 0.717) is 6.61 Å². The second-order valence-electron chi connectivity index (χ2n) is 5.53. The van der Waals surface area contributed by atoms with Crippen LogP contribution in [-0.2, 0) is 9.53 Å². The summed E-state index contributed by atoms with van der Waals surface area (Å²) in [7, 11) is 1.47. The van der Waals surface area contributed by atoms with Crippen molar-refractivity contribution in [3.05, 3.63) is 30.3 Å². The molecule has 1 aromatic carbocycles. The number of methoxy groups -OCH3 is 1. The summed E-state index contributed by atoms with van der Waals surface area (Å²) in [6.07, 6.45) is 3.80. The molecule has 2 atom stereocenters. The van der Waals surface area contributed by atoms with E-state index >= 15 is 0 Å². The monoisotopic (exact) mass is 291 g/mol. The van der Waals surface area contributed by atoms with E-state index in [4.69, 9.17) is 9.47 Å². The maximum atomic E-state index is 12.2. The van der Waals surface area contributed by atoms with Crippen LogP contribution in [0.15, 0.2) is 30.3 Å². The third-order valence-corrected chi connectivity index (χ3v) is 4.34. The van der Waals surface area contributed by atoms with Gasteiger partial charge in [0.05, 0.1) is 13.7 Å². The van der Waals surface area contributed by atoms with Gasteiger partial charge in [0.25, 0.3) is 0 Å². The van der Waals surface area contributed by atoms with Crippen molar-refractivity contribution in [1.82, 2.24) is 5.32 Å². The van der Waals surface area contributed by atoms with Gasteiger partial charge in [0, 0.05) is 0 Å². The first-order chi connectivity index (χ1) is 10.2. The number of nitrogens with one attached hydrogen (secondary N) is 1. The van der Waals surface area contributed by atoms with Crippen molar-refractivity contribution in [2.45, 2.75) is 38.1 Å². The summed E-state index contributed by atoms with van der Waals surface area (Å²) in [6, 6.07) is 9.79. The summed E-state index contributed by atoms with van der Waals surface area (Å²) in [5.74, 6) is 1.02. The second-order valence-corrected chi connectivity index (χ2v) is 5.53. The van der Waals surface area contributed by atoms with E-state index in [1.807, 2.05) is 37.3 Å². The van der Waals surface area contributed by atoms with Gasteiger partial charge in [-0.05, 0) is 43.9 Å². The fourth-order valence-corrected chi connectivity index (χ4v) is 3.38. The number of carbonyl (C=O) groups is 1. The molecule has 4 heteroatoms. The van der Waals surface area contributed by atoms with E-state index in [1.54, 1.807) is 0 Å². The van der Waals surface area contributed by atoms with Gasteiger partial charge in [0.15, 0.2) is 0 Å². The number of hydrogen-bond donors (Lipinski definition) is 1. The lowest BCUT2D eigenvalue weighted by Gasteiger charge is -2.33. The van der Waals surface area contributed by atoms with Gasteiger partial charge in [-0.15, -0.1) is 0 Å². The Balaban J connectivity index is 1.95. The molecule has 0 bridgehead atoms. The Morgan fingerprint density at radius 1 is 1.38 bits per heavy atom. The third-order valence-electron chi connectivity index (χ3n) is 4.34. The molecule has 0 aromatic heterocycles. The molecule has 1 saturated carbocycles. The first kappa shape index (κ1) is 15.8. The number of esters is 1. The Labute approximate surface area is 126 Å². The first-order valence-electron chi connectivity index (χ1n) is 7.74. The quantitative estimate of drug-likeness (QED) is 0.785. The standard InChI is InChI=1S/C17H25NO3/c1-3-18-17(16(19)20-2)12-7-8-14(17)11-13-21-15-9-5-4-6-10-15/h4-6,9-10,14,18H,3,7-8,11-13H2,1-2H3. The Kier molecular flexibility index (Phi) is 5.62. The van der Waals surface area contributed by atoms with Gasteiger partial charge in [-0.2, -0.15) is 0 Å². The third kappa shape index (κ3) is 3.56. The molecule has 2 unspecified atom stereocenters. The highest BCUT2D eigenvalue weighted by Gasteiger charge is 2.49. The Morgan fingerprint density at radius 2 is 2.14 bits per heavy atom. The van der Waals surface area contributed by atoms with Gasteiger partial charge in [0.1, 0.15) is 11.3 Å². The lowest BCUT2D eigenvalue weighted by molar-refractivity contribution is -0.150. The number of carbonyl (C=O) groups excluding carboxylic acids is 1. The zero-order valence-electron chi connectivity index (χ0n) is 12.9. The van der Waals surface area contributed by atoms with Crippen molar-refractivity contribution < 1.29 is 14.3 Å². The molecule has 2 rings (SSSR count). The molecule has 0 heterocycles. The summed E-state index contributed by atoms with van der Waals surface area (Å²) < 4.78 is 10.8. The largest absolute Gasteiger partial charge is 0.494 e. The van der Waals surface area contributed by atoms with Gasteiger partial charge >= 0.3 is 5.97 Å². The van der Waals surface area contributed by atoms with Crippen molar-refractivity contribution in [2.24, 2.45) is 5.92 Å². The van der Waals surface area contributed by atoms with E-state index < -0.39 is 5.54 Å². The maximum absolute atomic E-state index is 12.2. The number of ether oxygens (including phenoxy) is 2. The SMILES string of the molecule is CCNC1(C(=O)OC)CCCC1CCOc1ccccc1. The van der Waals surface area contributed by atoms with Crippen LogP contribution in [0.4, 0.5) is 0 Å². The van der Waals surface area contributed by atoms with Crippen LogP contribution in [0.2, 0.25) is 0 Å². The van der Waals surface area contributed by atoms with Crippen LogP contribution in [0.5, 0.6) is 5.75 Å². The first-order valence-corrected chi connectivity index (χ1v) is 7.74. The molecule has 4 nitrogen and oxygen atoms in total. The van der Waals surface area contributed by atoms with Gasteiger partial charge in [-0.3, -0.25) is 4.79 Å². The van der Waals surface area contributed by atoms with Crippen molar-refractivity contribution in [2.75, 3.05) is 20.3 Å². The van der Waals surface area contributed by atoms with Crippen LogP contribution in [0.1, 0.15) is 32.6 Å². The summed E-state index contributed by atoms with van der Waals surface area (Å²) in [4.78, 5) is 12.2. The molecule has 0 aliphatic heterocycles. The number of likely N-dealkylation sites (N-methyl/N-ethyl adjacent to an activating group) is 1. The minimum Gasteiger partial charge on any atom is -0.494 e. The summed E-state index contributed by atoms with van der Waals surface area (Å²) in [6.45, 7) is 3.42. The molecular weight excluding hydrogens is 266 g/mol. The highest BCUT2D eigenvalue weighted by Crippen LogP contribution is 2.39. The summed E-state index contributed by atoms with van der Waals surface area (Å²) in [5, 5.41) is 3.38. The van der Waals surface area contributed by atoms with Gasteiger partial charge < -0.3 is 14.8 Å². The molecule has 0 amide bonds. The van der Waals surface area contributed by atoms with Crippen LogP contribution < -0.4 is 10.1 Å². The lowest BCUT2D eigenvalue weighted by atomic mass is 9.84. The summed E-state index contributed by atoms with van der Waals surface area (Å²) in [5.41, 5.74) is -0.524. The maximum Gasteiger partial charge on any atom is 0.326 e. The highest BCUT2D eigenvalue weighted by molar-refractivity contribution is 5.81. The Morgan fingerprint density at radius 3 is 2.81 bits per heavy atom. The van der Waals surface area contributed by atoms with Crippen molar-refractivity contribution in [3.8, 4) is 5.75 Å². The molecule has 0 radical (unpaired) electrons. The fraction of sp³-hybridized carbons (Fsp3) is 0.588. The molecule has 1 fully saturated rings. The molecule has 116 valence electrons. The van der Waals surface area contributed by atoms with E-state index in [1.165, 1.54) is 7.11 Å². The molecule has 1 aliphatic carbocycles. The fourth-order valence-electron chi connectivity index (χ4n) is 3.38. The van der Waals surface area contributed by atoms with Crippen LogP contribution >= 0.6 is 0 Å². The van der Waals surface area contributed by atoms with Crippen LogP contribution in [-0.4, -0.2) is 31.8 Å². The van der Waals surface area contributed by atoms with Crippen molar-refractivity contribution >= 4 is 5.97 Å². The molecule has 0 spiro atoms. The predicted octanol–water partition coefficient (Wildman–Crippen LogP) is 2.78. The predicted molar refractivity (Wildman–Crippen MR) is 82.3 cm³/mol. The Hall–Kier alpha value is -1.55. The molecule has 1 aromatic rings. The topological polar surface area (TPSA) is 47.6 Å². The minimum absolute atomic E-state index is 0.133. The molecule has 1 aliphatic rings. The normalized spacial score (nSPS) is 24.8. The van der Waals surface area contributed by atoms with Crippen molar-refractivity contribution in [1.29, 1.82) is 0 Å². The van der Waals surface area contributed by atoms with Crippen LogP contribution in [0, 0.1) is 5.92 Å². The van der Waals surface area contributed by atoms with E-state index in [2.05, 4.69) is 5.32 Å². The molecule has 0 saturated heterocycles. The highest BCUT2D eigenvalue weighted by atomic mass is 16.5. The number of hydrogen-bond acceptors (Lipinski definition) is 4. The summed E-state index contributed by atoms with van der Waals surface area (Å²) >= 11 is 0. The molecular formula is C17H25NO3. The number of rotatable bonds is 7. The minimum atomic E-state index is -0.524. The van der Waals surface area contributed by atoms with E-state index in [-0.39, 0.29) is 11.9 Å². The van der Waals surface area contributed by atoms with Crippen LogP contribution in [0.3, 0.4) is 0 Å². The van der Waals surface area contributed by atoms with Gasteiger partial charge in [0.2, 0.25) is 0 Å².